The van der Waals surface area contributed by atoms with Crippen LogP contribution in [0.1, 0.15) is 17.7 Å². The molecule has 4 rings (SSSR count). The second-order valence-corrected chi connectivity index (χ2v) is 10.6. The highest BCUT2D eigenvalue weighted by molar-refractivity contribution is 7.92. The van der Waals surface area contributed by atoms with E-state index >= 15 is 0 Å². The Hall–Kier alpha value is -2.91. The Labute approximate surface area is 196 Å². The van der Waals surface area contributed by atoms with Gasteiger partial charge in [-0.2, -0.15) is 5.10 Å². The molecule has 1 saturated heterocycles. The zero-order chi connectivity index (χ0) is 23.8. The molecule has 1 unspecified atom stereocenters. The monoisotopic (exact) mass is 491 g/mol. The highest BCUT2D eigenvalue weighted by Gasteiger charge is 2.45. The van der Waals surface area contributed by atoms with Crippen LogP contribution in [0.3, 0.4) is 0 Å². The van der Waals surface area contributed by atoms with E-state index in [4.69, 9.17) is 16.3 Å². The number of rotatable bonds is 6. The first-order chi connectivity index (χ1) is 15.7. The van der Waals surface area contributed by atoms with Crippen molar-refractivity contribution in [2.45, 2.75) is 36.1 Å². The SMILES string of the molecule is COC(=O)C1C[C@@H](S(=O)(=O)c2ccc(F)cc2Cl)CN1c1cc(C)nn1Cc1ccccc1. The van der Waals surface area contributed by atoms with Gasteiger partial charge in [0.2, 0.25) is 0 Å². The molecule has 10 heteroatoms. The number of ether oxygens (including phenoxy) is 1. The minimum Gasteiger partial charge on any atom is -0.467 e. The number of hydrogen-bond donors (Lipinski definition) is 0. The summed E-state index contributed by atoms with van der Waals surface area (Å²) in [4.78, 5) is 14.2. The summed E-state index contributed by atoms with van der Waals surface area (Å²) in [7, 11) is -2.67. The Balaban J connectivity index is 1.71. The van der Waals surface area contributed by atoms with E-state index in [1.165, 1.54) is 7.11 Å². The minimum absolute atomic E-state index is 0.0122. The van der Waals surface area contributed by atoms with Crippen LogP contribution in [-0.2, 0) is 25.9 Å². The maximum atomic E-state index is 13.5. The molecule has 1 aromatic heterocycles. The molecule has 0 aliphatic carbocycles. The maximum Gasteiger partial charge on any atom is 0.328 e. The van der Waals surface area contributed by atoms with Gasteiger partial charge in [-0.15, -0.1) is 0 Å². The predicted molar refractivity (Wildman–Crippen MR) is 123 cm³/mol. The number of hydrogen-bond acceptors (Lipinski definition) is 6. The van der Waals surface area contributed by atoms with Crippen molar-refractivity contribution in [2.75, 3.05) is 18.6 Å². The Kier molecular flexibility index (Phi) is 6.45. The van der Waals surface area contributed by atoms with Crippen LogP contribution in [-0.4, -0.2) is 49.1 Å². The third-order valence-corrected chi connectivity index (χ3v) is 8.34. The zero-order valence-electron chi connectivity index (χ0n) is 18.1. The zero-order valence-corrected chi connectivity index (χ0v) is 19.7. The highest BCUT2D eigenvalue weighted by Crippen LogP contribution is 2.35. The van der Waals surface area contributed by atoms with Crippen molar-refractivity contribution < 1.29 is 22.3 Å². The molecule has 1 aliphatic heterocycles. The summed E-state index contributed by atoms with van der Waals surface area (Å²) in [5.41, 5.74) is 1.75. The van der Waals surface area contributed by atoms with E-state index in [0.29, 0.717) is 12.4 Å². The fourth-order valence-corrected chi connectivity index (χ4v) is 6.39. The molecule has 0 saturated carbocycles. The van der Waals surface area contributed by atoms with Crippen molar-refractivity contribution in [1.29, 1.82) is 0 Å². The molecule has 0 N–H and O–H groups in total. The molecule has 1 fully saturated rings. The van der Waals surface area contributed by atoms with Gasteiger partial charge in [-0.1, -0.05) is 41.9 Å². The number of nitrogens with zero attached hydrogens (tertiary/aromatic N) is 3. The van der Waals surface area contributed by atoms with Gasteiger partial charge in [0.05, 0.1) is 34.5 Å². The Morgan fingerprint density at radius 3 is 2.61 bits per heavy atom. The predicted octanol–water partition coefficient (Wildman–Crippen LogP) is 3.63. The second kappa shape index (κ2) is 9.15. The number of halogens is 2. The van der Waals surface area contributed by atoms with Crippen molar-refractivity contribution in [3.05, 3.63) is 76.7 Å². The van der Waals surface area contributed by atoms with Gasteiger partial charge in [0.25, 0.3) is 0 Å². The Bertz CT molecular complexity index is 1280. The first-order valence-corrected chi connectivity index (χ1v) is 12.2. The smallest absolute Gasteiger partial charge is 0.328 e. The number of methoxy groups -OCH3 is 1. The van der Waals surface area contributed by atoms with Crippen molar-refractivity contribution >= 4 is 33.2 Å². The van der Waals surface area contributed by atoms with Crippen molar-refractivity contribution in [3.63, 3.8) is 0 Å². The molecule has 0 bridgehead atoms. The Morgan fingerprint density at radius 2 is 1.94 bits per heavy atom. The normalized spacial score (nSPS) is 18.5. The van der Waals surface area contributed by atoms with Crippen molar-refractivity contribution in [1.82, 2.24) is 9.78 Å². The summed E-state index contributed by atoms with van der Waals surface area (Å²) in [6.45, 7) is 2.33. The van der Waals surface area contributed by atoms with Crippen LogP contribution in [0.25, 0.3) is 0 Å². The summed E-state index contributed by atoms with van der Waals surface area (Å²) < 4.78 is 47.0. The van der Waals surface area contributed by atoms with Crippen molar-refractivity contribution in [3.8, 4) is 0 Å². The fourth-order valence-electron chi connectivity index (χ4n) is 4.16. The van der Waals surface area contributed by atoms with Crippen LogP contribution in [0.15, 0.2) is 59.5 Å². The molecule has 33 heavy (non-hydrogen) atoms. The van der Waals surface area contributed by atoms with Gasteiger partial charge >= 0.3 is 5.97 Å². The van der Waals surface area contributed by atoms with Crippen LogP contribution in [0.2, 0.25) is 5.02 Å². The van der Waals surface area contributed by atoms with E-state index in [-0.39, 0.29) is 22.9 Å². The van der Waals surface area contributed by atoms with E-state index in [1.807, 2.05) is 43.3 Å². The largest absolute Gasteiger partial charge is 0.467 e. The third kappa shape index (κ3) is 4.60. The molecule has 3 aromatic rings. The molecule has 0 amide bonds. The number of sulfone groups is 1. The lowest BCUT2D eigenvalue weighted by molar-refractivity contribution is -0.141. The van der Waals surface area contributed by atoms with E-state index in [2.05, 4.69) is 5.10 Å². The molecular formula is C23H23ClFN3O4S. The molecule has 0 spiro atoms. The van der Waals surface area contributed by atoms with Gasteiger partial charge in [-0.3, -0.25) is 0 Å². The van der Waals surface area contributed by atoms with E-state index in [9.17, 15) is 17.6 Å². The molecule has 7 nitrogen and oxygen atoms in total. The molecule has 0 radical (unpaired) electrons. The van der Waals surface area contributed by atoms with Gasteiger partial charge in [-0.25, -0.2) is 22.3 Å². The third-order valence-electron chi connectivity index (χ3n) is 5.73. The van der Waals surface area contributed by atoms with E-state index < -0.39 is 32.9 Å². The van der Waals surface area contributed by atoms with Crippen LogP contribution in [0.4, 0.5) is 10.2 Å². The van der Waals surface area contributed by atoms with Crippen LogP contribution < -0.4 is 4.90 Å². The van der Waals surface area contributed by atoms with Crippen molar-refractivity contribution in [2.24, 2.45) is 0 Å². The maximum absolute atomic E-state index is 13.5. The van der Waals surface area contributed by atoms with Gasteiger partial charge in [0.1, 0.15) is 17.7 Å². The quantitative estimate of drug-likeness (QED) is 0.387. The van der Waals surface area contributed by atoms with Crippen LogP contribution in [0, 0.1) is 12.7 Å². The molecule has 174 valence electrons. The number of esters is 1. The second-order valence-electron chi connectivity index (χ2n) is 7.96. The number of carbonyl (C=O) groups is 1. The lowest BCUT2D eigenvalue weighted by Gasteiger charge is -2.25. The minimum atomic E-state index is -3.94. The van der Waals surface area contributed by atoms with Gasteiger partial charge < -0.3 is 9.64 Å². The summed E-state index contributed by atoms with van der Waals surface area (Å²) in [6, 6.07) is 13.9. The Morgan fingerprint density at radius 1 is 1.21 bits per heavy atom. The summed E-state index contributed by atoms with van der Waals surface area (Å²) in [5, 5.41) is 3.42. The standard InChI is InChI=1S/C23H23ClFN3O4S/c1-15-10-22(28(26-15)13-16-6-4-3-5-7-16)27-14-18(12-20(27)23(29)32-2)33(30,31)21-9-8-17(25)11-19(21)24/h3-11,18,20H,12-14H2,1-2H3/t18-,20?/m1/s1. The molecule has 1 aliphatic rings. The fraction of sp³-hybridized carbons (Fsp3) is 0.304. The number of anilines is 1. The molecule has 2 heterocycles. The number of carbonyl (C=O) groups excluding carboxylic acids is 1. The average molecular weight is 492 g/mol. The lowest BCUT2D eigenvalue weighted by atomic mass is 10.2. The number of aryl methyl sites for hydroxylation is 1. The van der Waals surface area contributed by atoms with E-state index in [0.717, 1.165) is 29.5 Å². The van der Waals surface area contributed by atoms with E-state index in [1.54, 1.807) is 9.58 Å². The lowest BCUT2D eigenvalue weighted by Crippen LogP contribution is -2.38. The van der Waals surface area contributed by atoms with Gasteiger partial charge in [-0.05, 0) is 37.1 Å². The van der Waals surface area contributed by atoms with Gasteiger partial charge in [0, 0.05) is 12.6 Å². The number of benzene rings is 2. The number of aromatic nitrogens is 2. The topological polar surface area (TPSA) is 81.5 Å². The summed E-state index contributed by atoms with van der Waals surface area (Å²) >= 11 is 6.05. The summed E-state index contributed by atoms with van der Waals surface area (Å²) in [6.07, 6.45) is 0.0122. The van der Waals surface area contributed by atoms with Crippen LogP contribution >= 0.6 is 11.6 Å². The first kappa shape index (κ1) is 23.3. The van der Waals surface area contributed by atoms with Gasteiger partial charge in [0.15, 0.2) is 9.84 Å². The first-order valence-electron chi connectivity index (χ1n) is 10.3. The molecule has 2 aromatic carbocycles. The summed E-state index contributed by atoms with van der Waals surface area (Å²) in [5.74, 6) is -0.544. The molecule has 2 atom stereocenters. The van der Waals surface area contributed by atoms with Crippen LogP contribution in [0.5, 0.6) is 0 Å². The average Bonchev–Trinajstić information content (AvgIpc) is 3.37. The highest BCUT2D eigenvalue weighted by atomic mass is 35.5. The molecular weight excluding hydrogens is 469 g/mol.